The first-order valence-electron chi connectivity index (χ1n) is 21.8. The summed E-state index contributed by atoms with van der Waals surface area (Å²) in [6.07, 6.45) is 0. The fourth-order valence-electron chi connectivity index (χ4n) is 10.0. The molecule has 0 unspecified atom stereocenters. The molecule has 0 amide bonds. The molecule has 0 spiro atoms. The first-order valence-corrected chi connectivity index (χ1v) is 22.7. The van der Waals surface area contributed by atoms with Crippen LogP contribution in [-0.2, 0) is 0 Å². The largest absolute Gasteiger partial charge is 0.456 e. The van der Waals surface area contributed by atoms with Crippen LogP contribution in [0.5, 0.6) is 0 Å². The van der Waals surface area contributed by atoms with E-state index in [1.54, 1.807) is 0 Å². The maximum atomic E-state index is 6.70. The van der Waals surface area contributed by atoms with Crippen LogP contribution in [0.25, 0.3) is 136 Å². The number of aromatic nitrogens is 4. The Kier molecular flexibility index (Phi) is 7.79. The Morgan fingerprint density at radius 3 is 1.85 bits per heavy atom. The average Bonchev–Trinajstić information content (AvgIpc) is 4.05. The lowest BCUT2D eigenvalue weighted by atomic mass is 9.94. The van der Waals surface area contributed by atoms with Crippen LogP contribution in [-0.4, -0.2) is 19.5 Å². The van der Waals surface area contributed by atoms with Gasteiger partial charge in [0.2, 0.25) is 0 Å². The van der Waals surface area contributed by atoms with Gasteiger partial charge in [0.25, 0.3) is 0 Å². The quantitative estimate of drug-likeness (QED) is 0.173. The second-order valence-electron chi connectivity index (χ2n) is 16.7. The third kappa shape index (κ3) is 5.61. The molecule has 0 saturated carbocycles. The predicted octanol–water partition coefficient (Wildman–Crippen LogP) is 16.2. The van der Waals surface area contributed by atoms with Crippen molar-refractivity contribution in [2.75, 3.05) is 0 Å². The van der Waals surface area contributed by atoms with Crippen molar-refractivity contribution in [1.82, 2.24) is 19.5 Å². The molecule has 5 nitrogen and oxygen atoms in total. The summed E-state index contributed by atoms with van der Waals surface area (Å²) in [6.45, 7) is 0. The summed E-state index contributed by atoms with van der Waals surface area (Å²) in [7, 11) is 0. The Labute approximate surface area is 376 Å². The van der Waals surface area contributed by atoms with Crippen LogP contribution in [0.3, 0.4) is 0 Å². The highest BCUT2D eigenvalue weighted by atomic mass is 32.1. The number of para-hydroxylation sites is 1. The summed E-state index contributed by atoms with van der Waals surface area (Å²) >= 11 is 1.81. The fraction of sp³-hybridized carbons (Fsp3) is 0. The Morgan fingerprint density at radius 1 is 0.354 bits per heavy atom. The molecule has 0 atom stereocenters. The van der Waals surface area contributed by atoms with Gasteiger partial charge in [0, 0.05) is 64.0 Å². The maximum Gasteiger partial charge on any atom is 0.164 e. The Bertz CT molecular complexity index is 4260. The first-order chi connectivity index (χ1) is 32.2. The second-order valence-corrected chi connectivity index (χ2v) is 17.8. The van der Waals surface area contributed by atoms with E-state index in [0.717, 1.165) is 71.9 Å². The van der Waals surface area contributed by atoms with E-state index in [4.69, 9.17) is 19.4 Å². The molecular weight excluding hydrogens is 813 g/mol. The van der Waals surface area contributed by atoms with Gasteiger partial charge in [-0.05, 0) is 99.9 Å². The van der Waals surface area contributed by atoms with Crippen LogP contribution in [0.4, 0.5) is 0 Å². The van der Waals surface area contributed by atoms with Gasteiger partial charge in [-0.2, -0.15) is 0 Å². The number of thiophene rings is 1. The highest BCUT2D eigenvalue weighted by Gasteiger charge is 2.23. The summed E-state index contributed by atoms with van der Waals surface area (Å²) in [5.74, 6) is 1.84. The lowest BCUT2D eigenvalue weighted by molar-refractivity contribution is 0.669. The van der Waals surface area contributed by atoms with Crippen molar-refractivity contribution in [2.45, 2.75) is 0 Å². The Morgan fingerprint density at radius 2 is 1.00 bits per heavy atom. The number of fused-ring (bicyclic) bond motifs is 12. The number of hydrogen-bond acceptors (Lipinski definition) is 5. The zero-order valence-electron chi connectivity index (χ0n) is 34.7. The molecular formula is C59H34N4OS. The fourth-order valence-corrected chi connectivity index (χ4v) is 11.1. The molecule has 6 heteroatoms. The molecule has 0 aliphatic heterocycles. The SMILES string of the molecule is c1ccc(-c2nc(-c3ccc(-n4c5ccccc5c5cc6ccccc6cc54)c(-c4cccc5oc6ccc7ccccc7c6c45)c3)nc(-c3ccc4sc5ccccc5c4c3)n2)cc1. The molecule has 10 aromatic carbocycles. The van der Waals surface area contributed by atoms with Crippen molar-refractivity contribution < 1.29 is 4.42 Å². The molecule has 14 aromatic rings. The molecule has 4 heterocycles. The van der Waals surface area contributed by atoms with E-state index in [0.29, 0.717) is 17.5 Å². The van der Waals surface area contributed by atoms with Crippen molar-refractivity contribution in [2.24, 2.45) is 0 Å². The number of nitrogens with zero attached hydrogens (tertiary/aromatic N) is 4. The topological polar surface area (TPSA) is 56.7 Å². The summed E-state index contributed by atoms with van der Waals surface area (Å²) in [6, 6.07) is 73.4. The van der Waals surface area contributed by atoms with E-state index >= 15 is 0 Å². The lowest BCUT2D eigenvalue weighted by Gasteiger charge is -2.17. The standard InChI is InChI=1S/C59H34N4OS/c1-2-14-36(15-3-1)57-60-58(62-59(61-57)40-27-30-54-47(33-40)43-20-9-11-24-53(43)65-54)39-25-28-49(63-48-22-10-8-19-42(48)45-31-37-16-4-5-17-38(37)34-50(45)63)46(32-39)44-21-12-23-51-56(44)55-41-18-7-6-13-35(41)26-29-52(55)64-51/h1-34H. The van der Waals surface area contributed by atoms with Crippen molar-refractivity contribution >= 4 is 96.8 Å². The van der Waals surface area contributed by atoms with E-state index in [1.165, 1.54) is 47.1 Å². The first kappa shape index (κ1) is 36.1. The molecule has 0 fully saturated rings. The van der Waals surface area contributed by atoms with E-state index in [9.17, 15) is 0 Å². The molecule has 65 heavy (non-hydrogen) atoms. The van der Waals surface area contributed by atoms with Crippen molar-refractivity contribution in [3.05, 3.63) is 206 Å². The second kappa shape index (κ2) is 14.0. The smallest absolute Gasteiger partial charge is 0.164 e. The maximum absolute atomic E-state index is 6.70. The van der Waals surface area contributed by atoms with Gasteiger partial charge in [-0.3, -0.25) is 0 Å². The van der Waals surface area contributed by atoms with Crippen LogP contribution in [0.15, 0.2) is 211 Å². The van der Waals surface area contributed by atoms with Crippen molar-refractivity contribution in [1.29, 1.82) is 0 Å². The summed E-state index contributed by atoms with van der Waals surface area (Å²) < 4.78 is 11.6. The number of rotatable bonds is 5. The number of hydrogen-bond donors (Lipinski definition) is 0. The summed E-state index contributed by atoms with van der Waals surface area (Å²) in [5.41, 5.74) is 9.86. The average molecular weight is 847 g/mol. The molecule has 0 saturated heterocycles. The van der Waals surface area contributed by atoms with Gasteiger partial charge in [-0.15, -0.1) is 11.3 Å². The van der Waals surface area contributed by atoms with Crippen LogP contribution in [0.2, 0.25) is 0 Å². The molecule has 0 aliphatic rings. The highest BCUT2D eigenvalue weighted by molar-refractivity contribution is 7.25. The van der Waals surface area contributed by atoms with Gasteiger partial charge in [-0.25, -0.2) is 15.0 Å². The minimum atomic E-state index is 0.597. The van der Waals surface area contributed by atoms with Gasteiger partial charge in [0.1, 0.15) is 11.2 Å². The number of benzene rings is 10. The van der Waals surface area contributed by atoms with Gasteiger partial charge >= 0.3 is 0 Å². The molecule has 14 rings (SSSR count). The third-order valence-corrected chi connectivity index (χ3v) is 14.2. The minimum absolute atomic E-state index is 0.597. The zero-order chi connectivity index (χ0) is 42.6. The lowest BCUT2D eigenvalue weighted by Crippen LogP contribution is -2.02. The highest BCUT2D eigenvalue weighted by Crippen LogP contribution is 2.45. The number of furan rings is 1. The molecule has 0 aliphatic carbocycles. The Hall–Kier alpha value is -8.45. The molecule has 0 bridgehead atoms. The molecule has 0 radical (unpaired) electrons. The minimum Gasteiger partial charge on any atom is -0.456 e. The monoisotopic (exact) mass is 846 g/mol. The molecule has 0 N–H and O–H groups in total. The van der Waals surface area contributed by atoms with Crippen molar-refractivity contribution in [3.63, 3.8) is 0 Å². The van der Waals surface area contributed by atoms with E-state index in [1.807, 2.05) is 29.5 Å². The zero-order valence-corrected chi connectivity index (χ0v) is 35.6. The van der Waals surface area contributed by atoms with Crippen molar-refractivity contribution in [3.8, 4) is 51.0 Å². The van der Waals surface area contributed by atoms with Crippen LogP contribution in [0.1, 0.15) is 0 Å². The molecule has 4 aromatic heterocycles. The van der Waals surface area contributed by atoms with Gasteiger partial charge in [0.15, 0.2) is 17.5 Å². The van der Waals surface area contributed by atoms with Gasteiger partial charge < -0.3 is 8.98 Å². The predicted molar refractivity (Wildman–Crippen MR) is 271 cm³/mol. The van der Waals surface area contributed by atoms with Gasteiger partial charge in [-0.1, -0.05) is 133 Å². The van der Waals surface area contributed by atoms with E-state index in [2.05, 4.69) is 193 Å². The normalized spacial score (nSPS) is 12.0. The third-order valence-electron chi connectivity index (χ3n) is 13.0. The van der Waals surface area contributed by atoms with Crippen LogP contribution < -0.4 is 0 Å². The van der Waals surface area contributed by atoms with Gasteiger partial charge in [0.05, 0.1) is 16.7 Å². The molecule has 302 valence electrons. The Balaban J connectivity index is 1.07. The summed E-state index contributed by atoms with van der Waals surface area (Å²) in [5, 5.41) is 11.7. The van der Waals surface area contributed by atoms with Crippen LogP contribution >= 0.6 is 11.3 Å². The summed E-state index contributed by atoms with van der Waals surface area (Å²) in [4.78, 5) is 15.8. The van der Waals surface area contributed by atoms with Crippen LogP contribution in [0, 0.1) is 0 Å². The van der Waals surface area contributed by atoms with E-state index in [-0.39, 0.29) is 0 Å². The van der Waals surface area contributed by atoms with E-state index < -0.39 is 0 Å².